The van der Waals surface area contributed by atoms with Gasteiger partial charge in [0.25, 0.3) is 0 Å². The SMILES string of the molecule is Cc1cccc(OCC(C)/C(N)=N/O)c1. The molecular weight excluding hydrogens is 192 g/mol. The van der Waals surface area contributed by atoms with E-state index in [2.05, 4.69) is 5.16 Å². The minimum Gasteiger partial charge on any atom is -0.493 e. The Labute approximate surface area is 89.4 Å². The Morgan fingerprint density at radius 2 is 2.33 bits per heavy atom. The van der Waals surface area contributed by atoms with Crippen molar-refractivity contribution in [1.29, 1.82) is 0 Å². The van der Waals surface area contributed by atoms with Crippen LogP contribution in [0.4, 0.5) is 0 Å². The molecule has 1 aromatic rings. The molecule has 4 nitrogen and oxygen atoms in total. The third-order valence-electron chi connectivity index (χ3n) is 2.11. The third-order valence-corrected chi connectivity index (χ3v) is 2.11. The first-order valence-electron chi connectivity index (χ1n) is 4.80. The van der Waals surface area contributed by atoms with E-state index < -0.39 is 0 Å². The van der Waals surface area contributed by atoms with E-state index in [0.717, 1.165) is 11.3 Å². The number of benzene rings is 1. The van der Waals surface area contributed by atoms with Crippen molar-refractivity contribution in [2.45, 2.75) is 13.8 Å². The predicted octanol–water partition coefficient (Wildman–Crippen LogP) is 1.76. The van der Waals surface area contributed by atoms with Crippen LogP contribution in [0.3, 0.4) is 0 Å². The summed E-state index contributed by atoms with van der Waals surface area (Å²) >= 11 is 0. The summed E-state index contributed by atoms with van der Waals surface area (Å²) in [6.45, 7) is 4.24. The molecule has 82 valence electrons. The van der Waals surface area contributed by atoms with Gasteiger partial charge in [-0.15, -0.1) is 0 Å². The smallest absolute Gasteiger partial charge is 0.145 e. The van der Waals surface area contributed by atoms with Crippen molar-refractivity contribution >= 4 is 5.84 Å². The van der Waals surface area contributed by atoms with E-state index in [0.29, 0.717) is 6.61 Å². The van der Waals surface area contributed by atoms with Gasteiger partial charge in [0.15, 0.2) is 0 Å². The maximum absolute atomic E-state index is 8.45. The molecule has 1 unspecified atom stereocenters. The van der Waals surface area contributed by atoms with Gasteiger partial charge in [0.05, 0.1) is 12.5 Å². The van der Waals surface area contributed by atoms with E-state index in [9.17, 15) is 0 Å². The van der Waals surface area contributed by atoms with E-state index in [4.69, 9.17) is 15.7 Å². The Morgan fingerprint density at radius 1 is 1.60 bits per heavy atom. The molecule has 1 atom stereocenters. The molecule has 0 bridgehead atoms. The van der Waals surface area contributed by atoms with Gasteiger partial charge in [-0.3, -0.25) is 0 Å². The highest BCUT2D eigenvalue weighted by atomic mass is 16.5. The maximum Gasteiger partial charge on any atom is 0.145 e. The number of amidine groups is 1. The van der Waals surface area contributed by atoms with Gasteiger partial charge in [-0.05, 0) is 24.6 Å². The summed E-state index contributed by atoms with van der Waals surface area (Å²) in [5, 5.41) is 11.4. The lowest BCUT2D eigenvalue weighted by Gasteiger charge is -2.11. The molecule has 3 N–H and O–H groups in total. The van der Waals surface area contributed by atoms with Crippen molar-refractivity contribution in [2.75, 3.05) is 6.61 Å². The summed E-state index contributed by atoms with van der Waals surface area (Å²) in [7, 11) is 0. The fraction of sp³-hybridized carbons (Fsp3) is 0.364. The van der Waals surface area contributed by atoms with E-state index >= 15 is 0 Å². The van der Waals surface area contributed by atoms with Crippen LogP contribution in [-0.4, -0.2) is 17.6 Å². The van der Waals surface area contributed by atoms with Crippen molar-refractivity contribution in [3.8, 4) is 5.75 Å². The first-order chi connectivity index (χ1) is 7.13. The molecule has 0 aliphatic carbocycles. The first-order valence-corrected chi connectivity index (χ1v) is 4.80. The summed E-state index contributed by atoms with van der Waals surface area (Å²) in [5.41, 5.74) is 6.57. The van der Waals surface area contributed by atoms with Crippen molar-refractivity contribution < 1.29 is 9.94 Å². The van der Waals surface area contributed by atoms with Crippen LogP contribution in [0, 0.1) is 12.8 Å². The van der Waals surface area contributed by atoms with E-state index in [-0.39, 0.29) is 11.8 Å². The molecule has 0 radical (unpaired) electrons. The highest BCUT2D eigenvalue weighted by molar-refractivity contribution is 5.81. The van der Waals surface area contributed by atoms with Crippen LogP contribution in [0.5, 0.6) is 5.75 Å². The molecule has 0 heterocycles. The average Bonchev–Trinajstić information content (AvgIpc) is 2.25. The van der Waals surface area contributed by atoms with Gasteiger partial charge in [0.1, 0.15) is 11.6 Å². The molecule has 0 fully saturated rings. The second-order valence-corrected chi connectivity index (χ2v) is 3.55. The number of rotatable bonds is 4. The van der Waals surface area contributed by atoms with Crippen LogP contribution in [0.1, 0.15) is 12.5 Å². The Balaban J connectivity index is 2.50. The van der Waals surface area contributed by atoms with Crippen LogP contribution in [0.2, 0.25) is 0 Å². The molecule has 15 heavy (non-hydrogen) atoms. The number of hydrogen-bond donors (Lipinski definition) is 2. The van der Waals surface area contributed by atoms with Crippen LogP contribution in [-0.2, 0) is 0 Å². The molecule has 4 heteroatoms. The summed E-state index contributed by atoms with van der Waals surface area (Å²) < 4.78 is 5.50. The average molecular weight is 208 g/mol. The molecular formula is C11H16N2O2. The minimum absolute atomic E-state index is 0.101. The number of ether oxygens (including phenoxy) is 1. The summed E-state index contributed by atoms with van der Waals surface area (Å²) in [6, 6.07) is 7.75. The monoisotopic (exact) mass is 208 g/mol. The van der Waals surface area contributed by atoms with Crippen LogP contribution in [0.15, 0.2) is 29.4 Å². The summed E-state index contributed by atoms with van der Waals surface area (Å²) in [4.78, 5) is 0. The largest absolute Gasteiger partial charge is 0.493 e. The molecule has 1 rings (SSSR count). The molecule has 1 aromatic carbocycles. The molecule has 0 aliphatic rings. The van der Waals surface area contributed by atoms with Gasteiger partial charge >= 0.3 is 0 Å². The van der Waals surface area contributed by atoms with Gasteiger partial charge < -0.3 is 15.7 Å². The van der Waals surface area contributed by atoms with Gasteiger partial charge in [-0.1, -0.05) is 24.2 Å². The van der Waals surface area contributed by atoms with E-state index in [1.54, 1.807) is 0 Å². The zero-order chi connectivity index (χ0) is 11.3. The Morgan fingerprint density at radius 3 is 2.93 bits per heavy atom. The van der Waals surface area contributed by atoms with Crippen LogP contribution < -0.4 is 10.5 Å². The number of aryl methyl sites for hydroxylation is 1. The lowest BCUT2D eigenvalue weighted by atomic mass is 10.2. The molecule has 0 aromatic heterocycles. The first kappa shape index (κ1) is 11.4. The maximum atomic E-state index is 8.45. The van der Waals surface area contributed by atoms with E-state index in [1.807, 2.05) is 38.1 Å². The highest BCUT2D eigenvalue weighted by Gasteiger charge is 2.08. The lowest BCUT2D eigenvalue weighted by molar-refractivity contribution is 0.279. The number of nitrogens with zero attached hydrogens (tertiary/aromatic N) is 1. The van der Waals surface area contributed by atoms with Crippen molar-refractivity contribution in [3.05, 3.63) is 29.8 Å². The molecule has 0 saturated heterocycles. The van der Waals surface area contributed by atoms with E-state index in [1.165, 1.54) is 0 Å². The quantitative estimate of drug-likeness (QED) is 0.343. The second-order valence-electron chi connectivity index (χ2n) is 3.55. The third kappa shape index (κ3) is 3.50. The van der Waals surface area contributed by atoms with Crippen LogP contribution >= 0.6 is 0 Å². The molecule has 0 spiro atoms. The minimum atomic E-state index is -0.101. The molecule has 0 amide bonds. The Bertz CT molecular complexity index is 350. The van der Waals surface area contributed by atoms with Gasteiger partial charge in [0, 0.05) is 0 Å². The van der Waals surface area contributed by atoms with Crippen LogP contribution in [0.25, 0.3) is 0 Å². The lowest BCUT2D eigenvalue weighted by Crippen LogP contribution is -2.26. The van der Waals surface area contributed by atoms with Gasteiger partial charge in [-0.2, -0.15) is 0 Å². The normalized spacial score (nSPS) is 13.6. The van der Waals surface area contributed by atoms with Crippen molar-refractivity contribution in [1.82, 2.24) is 0 Å². The topological polar surface area (TPSA) is 67.8 Å². The standard InChI is InChI=1S/C11H16N2O2/c1-8-4-3-5-10(6-8)15-7-9(2)11(12)13-14/h3-6,9,14H,7H2,1-2H3,(H2,12,13). The Kier molecular flexibility index (Phi) is 3.97. The number of hydrogen-bond acceptors (Lipinski definition) is 3. The van der Waals surface area contributed by atoms with Gasteiger partial charge in [0.2, 0.25) is 0 Å². The Hall–Kier alpha value is -1.71. The predicted molar refractivity (Wildman–Crippen MR) is 59.2 cm³/mol. The summed E-state index contributed by atoms with van der Waals surface area (Å²) in [5.74, 6) is 0.880. The molecule has 0 saturated carbocycles. The highest BCUT2D eigenvalue weighted by Crippen LogP contribution is 2.13. The van der Waals surface area contributed by atoms with Crippen molar-refractivity contribution in [2.24, 2.45) is 16.8 Å². The fourth-order valence-corrected chi connectivity index (χ4v) is 1.11. The molecule has 0 aliphatic heterocycles. The second kappa shape index (κ2) is 5.24. The zero-order valence-corrected chi connectivity index (χ0v) is 8.97. The van der Waals surface area contributed by atoms with Gasteiger partial charge in [-0.25, -0.2) is 0 Å². The zero-order valence-electron chi connectivity index (χ0n) is 8.97. The fourth-order valence-electron chi connectivity index (χ4n) is 1.11. The van der Waals surface area contributed by atoms with Crippen molar-refractivity contribution in [3.63, 3.8) is 0 Å². The summed E-state index contributed by atoms with van der Waals surface area (Å²) in [6.07, 6.45) is 0. The number of oxime groups is 1. The number of nitrogens with two attached hydrogens (primary N) is 1.